The number of hydrogen-bond acceptors (Lipinski definition) is 5. The Morgan fingerprint density at radius 1 is 1.23 bits per heavy atom. The number of amides is 1. The van der Waals surface area contributed by atoms with Crippen molar-refractivity contribution in [1.82, 2.24) is 4.31 Å². The third-order valence-corrected chi connectivity index (χ3v) is 7.53. The van der Waals surface area contributed by atoms with Crippen LogP contribution in [0.3, 0.4) is 0 Å². The summed E-state index contributed by atoms with van der Waals surface area (Å²) in [5.74, 6) is -0.908. The molecule has 142 valence electrons. The monoisotopic (exact) mass is 379 g/mol. The van der Waals surface area contributed by atoms with Crippen molar-refractivity contribution in [3.63, 3.8) is 0 Å². The number of esters is 1. The van der Waals surface area contributed by atoms with Gasteiger partial charge in [-0.2, -0.15) is 0 Å². The number of nitrogens with zero attached hydrogens (tertiary/aromatic N) is 1. The average molecular weight is 379 g/mol. The summed E-state index contributed by atoms with van der Waals surface area (Å²) in [6.45, 7) is 1.87. The SMILES string of the molecule is COC(=O)CC1CC2(CCCC2)CC(=O)N1S(=O)(=O)c1ccc(C)cc1. The molecule has 1 aromatic rings. The van der Waals surface area contributed by atoms with Gasteiger partial charge in [0, 0.05) is 6.42 Å². The summed E-state index contributed by atoms with van der Waals surface area (Å²) >= 11 is 0. The van der Waals surface area contributed by atoms with Gasteiger partial charge in [-0.25, -0.2) is 12.7 Å². The summed E-state index contributed by atoms with van der Waals surface area (Å²) in [6, 6.07) is 5.73. The van der Waals surface area contributed by atoms with Gasteiger partial charge < -0.3 is 4.74 Å². The summed E-state index contributed by atoms with van der Waals surface area (Å²) in [5.41, 5.74) is 0.764. The zero-order chi connectivity index (χ0) is 18.9. The fourth-order valence-corrected chi connectivity index (χ4v) is 5.93. The summed E-state index contributed by atoms with van der Waals surface area (Å²) < 4.78 is 32.0. The maximum absolute atomic E-state index is 13.1. The van der Waals surface area contributed by atoms with Crippen molar-refractivity contribution in [2.75, 3.05) is 7.11 Å². The van der Waals surface area contributed by atoms with Gasteiger partial charge in [0.05, 0.1) is 24.5 Å². The highest BCUT2D eigenvalue weighted by atomic mass is 32.2. The van der Waals surface area contributed by atoms with Crippen LogP contribution in [0.1, 0.15) is 50.5 Å². The van der Waals surface area contributed by atoms with Crippen LogP contribution in [-0.2, 0) is 24.3 Å². The molecule has 6 nitrogen and oxygen atoms in total. The van der Waals surface area contributed by atoms with Crippen LogP contribution in [0.4, 0.5) is 0 Å². The Morgan fingerprint density at radius 3 is 2.42 bits per heavy atom. The zero-order valence-electron chi connectivity index (χ0n) is 15.2. The van der Waals surface area contributed by atoms with E-state index in [0.29, 0.717) is 6.42 Å². The number of aryl methyl sites for hydroxylation is 1. The Kier molecular flexibility index (Phi) is 5.10. The van der Waals surface area contributed by atoms with Gasteiger partial charge in [-0.05, 0) is 43.7 Å². The second kappa shape index (κ2) is 7.02. The van der Waals surface area contributed by atoms with Crippen LogP contribution in [0.5, 0.6) is 0 Å². The van der Waals surface area contributed by atoms with Crippen molar-refractivity contribution in [2.24, 2.45) is 5.41 Å². The fourth-order valence-electron chi connectivity index (χ4n) is 4.35. The number of carbonyl (C=O) groups excluding carboxylic acids is 2. The lowest BCUT2D eigenvalue weighted by atomic mass is 9.74. The van der Waals surface area contributed by atoms with E-state index in [2.05, 4.69) is 0 Å². The Bertz CT molecular complexity index is 794. The van der Waals surface area contributed by atoms with E-state index in [1.807, 2.05) is 6.92 Å². The molecule has 1 spiro atoms. The van der Waals surface area contributed by atoms with Crippen molar-refractivity contribution in [3.8, 4) is 0 Å². The van der Waals surface area contributed by atoms with E-state index in [1.165, 1.54) is 19.2 Å². The van der Waals surface area contributed by atoms with Gasteiger partial charge in [0.2, 0.25) is 5.91 Å². The van der Waals surface area contributed by atoms with Gasteiger partial charge in [0.1, 0.15) is 0 Å². The Morgan fingerprint density at radius 2 is 1.85 bits per heavy atom. The molecule has 26 heavy (non-hydrogen) atoms. The standard InChI is InChI=1S/C19H25NO5S/c1-14-5-7-16(8-6-14)26(23,24)20-15(11-18(22)25-2)12-19(13-17(20)21)9-3-4-10-19/h5-8,15H,3-4,9-13H2,1-2H3. The Labute approximate surface area is 154 Å². The number of ether oxygens (including phenoxy) is 1. The molecular formula is C19H25NO5S. The van der Waals surface area contributed by atoms with E-state index >= 15 is 0 Å². The smallest absolute Gasteiger partial charge is 0.307 e. The number of rotatable bonds is 4. The van der Waals surface area contributed by atoms with E-state index in [0.717, 1.165) is 35.6 Å². The first-order chi connectivity index (χ1) is 12.3. The molecule has 0 aromatic heterocycles. The van der Waals surface area contributed by atoms with E-state index in [-0.39, 0.29) is 23.2 Å². The highest BCUT2D eigenvalue weighted by molar-refractivity contribution is 7.89. The van der Waals surface area contributed by atoms with Crippen LogP contribution in [0.15, 0.2) is 29.2 Å². The molecule has 1 aromatic carbocycles. The third-order valence-electron chi connectivity index (χ3n) is 5.64. The number of piperidine rings is 1. The maximum atomic E-state index is 13.1. The van der Waals surface area contributed by atoms with Crippen LogP contribution in [0.25, 0.3) is 0 Å². The van der Waals surface area contributed by atoms with Crippen molar-refractivity contribution >= 4 is 21.9 Å². The van der Waals surface area contributed by atoms with Crippen LogP contribution < -0.4 is 0 Å². The lowest BCUT2D eigenvalue weighted by Gasteiger charge is -2.43. The molecule has 3 rings (SSSR count). The first-order valence-electron chi connectivity index (χ1n) is 8.98. The Balaban J connectivity index is 1.97. The molecule has 1 aliphatic heterocycles. The predicted octanol–water partition coefficient (Wildman–Crippen LogP) is 2.80. The first kappa shape index (κ1) is 18.9. The van der Waals surface area contributed by atoms with Crippen molar-refractivity contribution in [2.45, 2.75) is 62.8 Å². The van der Waals surface area contributed by atoms with E-state index in [9.17, 15) is 18.0 Å². The predicted molar refractivity (Wildman–Crippen MR) is 95.8 cm³/mol. The minimum Gasteiger partial charge on any atom is -0.469 e. The molecule has 1 heterocycles. The fraction of sp³-hybridized carbons (Fsp3) is 0.579. The number of hydrogen-bond donors (Lipinski definition) is 0. The molecule has 1 aliphatic carbocycles. The zero-order valence-corrected chi connectivity index (χ0v) is 16.0. The van der Waals surface area contributed by atoms with Gasteiger partial charge in [-0.15, -0.1) is 0 Å². The minimum absolute atomic E-state index is 0.0775. The molecule has 1 saturated carbocycles. The molecule has 1 atom stereocenters. The molecular weight excluding hydrogens is 354 g/mol. The summed E-state index contributed by atoms with van der Waals surface area (Å²) in [7, 11) is -2.73. The molecule has 0 radical (unpaired) electrons. The van der Waals surface area contributed by atoms with Crippen molar-refractivity contribution in [3.05, 3.63) is 29.8 Å². The van der Waals surface area contributed by atoms with Gasteiger partial charge in [0.25, 0.3) is 10.0 Å². The number of methoxy groups -OCH3 is 1. The molecule has 2 aliphatic rings. The normalized spacial score (nSPS) is 22.6. The minimum atomic E-state index is -4.00. The molecule has 7 heteroatoms. The molecule has 1 unspecified atom stereocenters. The lowest BCUT2D eigenvalue weighted by molar-refractivity contribution is -0.144. The molecule has 1 saturated heterocycles. The van der Waals surface area contributed by atoms with Crippen molar-refractivity contribution in [1.29, 1.82) is 0 Å². The van der Waals surface area contributed by atoms with Crippen LogP contribution >= 0.6 is 0 Å². The quantitative estimate of drug-likeness (QED) is 0.752. The van der Waals surface area contributed by atoms with Gasteiger partial charge in [-0.1, -0.05) is 30.5 Å². The van der Waals surface area contributed by atoms with Gasteiger partial charge >= 0.3 is 5.97 Å². The number of benzene rings is 1. The maximum Gasteiger partial charge on any atom is 0.307 e. The van der Waals surface area contributed by atoms with Gasteiger partial charge in [-0.3, -0.25) is 9.59 Å². The van der Waals surface area contributed by atoms with E-state index in [1.54, 1.807) is 12.1 Å². The highest BCUT2D eigenvalue weighted by Gasteiger charge is 2.49. The average Bonchev–Trinajstić information content (AvgIpc) is 3.01. The van der Waals surface area contributed by atoms with Crippen LogP contribution in [0.2, 0.25) is 0 Å². The third kappa shape index (κ3) is 3.49. The second-order valence-corrected chi connectivity index (χ2v) is 9.34. The molecule has 1 amide bonds. The molecule has 0 bridgehead atoms. The summed E-state index contributed by atoms with van der Waals surface area (Å²) in [6.07, 6.45) is 4.57. The molecule has 0 N–H and O–H groups in total. The highest BCUT2D eigenvalue weighted by Crippen LogP contribution is 2.49. The van der Waals surface area contributed by atoms with Gasteiger partial charge in [0.15, 0.2) is 0 Å². The number of sulfonamides is 1. The number of carbonyl (C=O) groups is 2. The van der Waals surface area contributed by atoms with E-state index < -0.39 is 27.9 Å². The second-order valence-electron chi connectivity index (χ2n) is 7.53. The van der Waals surface area contributed by atoms with Crippen LogP contribution in [0, 0.1) is 12.3 Å². The molecule has 2 fully saturated rings. The largest absolute Gasteiger partial charge is 0.469 e. The topological polar surface area (TPSA) is 80.8 Å². The summed E-state index contributed by atoms with van der Waals surface area (Å²) in [5, 5.41) is 0. The Hall–Kier alpha value is -1.89. The first-order valence-corrected chi connectivity index (χ1v) is 10.4. The van der Waals surface area contributed by atoms with E-state index in [4.69, 9.17) is 4.74 Å². The van der Waals surface area contributed by atoms with Crippen molar-refractivity contribution < 1.29 is 22.7 Å². The summed E-state index contributed by atoms with van der Waals surface area (Å²) in [4.78, 5) is 24.9. The lowest BCUT2D eigenvalue weighted by Crippen LogP contribution is -2.53. The van der Waals surface area contributed by atoms with Crippen LogP contribution in [-0.4, -0.2) is 37.8 Å².